The standard InChI is InChI=1S/C14H18N2S/c1-12-9-14(15-11-17)7-8-16(12)10-13-5-3-2-4-6-13/h2-6,12,14H,7-10H2,1H3. The number of thiocarbonyl (C=S) groups is 1. The Morgan fingerprint density at radius 2 is 2.18 bits per heavy atom. The molecular formula is C14H18N2S. The van der Waals surface area contributed by atoms with Gasteiger partial charge >= 0.3 is 0 Å². The third-order valence-electron chi connectivity index (χ3n) is 3.45. The molecule has 1 fully saturated rings. The highest BCUT2D eigenvalue weighted by atomic mass is 32.1. The number of likely N-dealkylation sites (tertiary alicyclic amines) is 1. The Kier molecular flexibility index (Phi) is 4.43. The molecule has 1 aromatic rings. The molecule has 1 heterocycles. The summed E-state index contributed by atoms with van der Waals surface area (Å²) in [4.78, 5) is 6.73. The predicted molar refractivity (Wildman–Crippen MR) is 74.4 cm³/mol. The van der Waals surface area contributed by atoms with E-state index in [9.17, 15) is 0 Å². The molecule has 0 N–H and O–H groups in total. The zero-order chi connectivity index (χ0) is 12.1. The van der Waals surface area contributed by atoms with Crippen molar-refractivity contribution in [3.8, 4) is 0 Å². The number of hydrogen-bond donors (Lipinski definition) is 0. The first-order valence-electron chi connectivity index (χ1n) is 6.14. The molecule has 0 amide bonds. The maximum atomic E-state index is 4.68. The normalized spacial score (nSPS) is 25.2. The zero-order valence-corrected chi connectivity index (χ0v) is 11.0. The minimum absolute atomic E-state index is 0.384. The molecule has 2 atom stereocenters. The molecule has 2 nitrogen and oxygen atoms in total. The van der Waals surface area contributed by atoms with Crippen molar-refractivity contribution in [2.45, 2.75) is 38.4 Å². The summed E-state index contributed by atoms with van der Waals surface area (Å²) in [5, 5.41) is 2.51. The van der Waals surface area contributed by atoms with Gasteiger partial charge in [0.2, 0.25) is 0 Å². The Labute approximate surface area is 108 Å². The Morgan fingerprint density at radius 3 is 2.82 bits per heavy atom. The largest absolute Gasteiger partial charge is 0.296 e. The highest BCUT2D eigenvalue weighted by Crippen LogP contribution is 2.21. The Balaban J connectivity index is 1.93. The smallest absolute Gasteiger partial charge is 0.0629 e. The van der Waals surface area contributed by atoms with Crippen LogP contribution in [0.15, 0.2) is 35.3 Å². The third-order valence-corrected chi connectivity index (χ3v) is 3.56. The van der Waals surface area contributed by atoms with Gasteiger partial charge < -0.3 is 0 Å². The van der Waals surface area contributed by atoms with Gasteiger partial charge in [-0.1, -0.05) is 30.3 Å². The summed E-state index contributed by atoms with van der Waals surface area (Å²) in [7, 11) is 0. The van der Waals surface area contributed by atoms with Gasteiger partial charge in [0, 0.05) is 19.1 Å². The van der Waals surface area contributed by atoms with Crippen LogP contribution in [0.3, 0.4) is 0 Å². The van der Waals surface area contributed by atoms with E-state index in [0.29, 0.717) is 12.1 Å². The van der Waals surface area contributed by atoms with Crippen LogP contribution in [0.25, 0.3) is 0 Å². The van der Waals surface area contributed by atoms with Crippen LogP contribution in [-0.4, -0.2) is 28.7 Å². The van der Waals surface area contributed by atoms with Crippen molar-refractivity contribution >= 4 is 17.4 Å². The molecule has 1 saturated heterocycles. The second-order valence-corrected chi connectivity index (χ2v) is 4.89. The first-order chi connectivity index (χ1) is 8.29. The van der Waals surface area contributed by atoms with Gasteiger partial charge in [-0.25, -0.2) is 4.99 Å². The van der Waals surface area contributed by atoms with E-state index in [4.69, 9.17) is 0 Å². The van der Waals surface area contributed by atoms with Crippen LogP contribution >= 0.6 is 12.2 Å². The first kappa shape index (κ1) is 12.4. The fraction of sp³-hybridized carbons (Fsp3) is 0.500. The summed E-state index contributed by atoms with van der Waals surface area (Å²) < 4.78 is 0. The van der Waals surface area contributed by atoms with Crippen LogP contribution in [0.1, 0.15) is 25.3 Å². The van der Waals surface area contributed by atoms with Gasteiger partial charge in [-0.05, 0) is 37.5 Å². The summed E-state index contributed by atoms with van der Waals surface area (Å²) in [6.07, 6.45) is 2.19. The zero-order valence-electron chi connectivity index (χ0n) is 10.2. The molecule has 0 bridgehead atoms. The van der Waals surface area contributed by atoms with E-state index in [1.807, 2.05) is 0 Å². The maximum absolute atomic E-state index is 4.68. The van der Waals surface area contributed by atoms with E-state index in [2.05, 4.69) is 64.5 Å². The lowest BCUT2D eigenvalue weighted by Crippen LogP contribution is -2.41. The molecule has 0 aliphatic carbocycles. The van der Waals surface area contributed by atoms with Crippen LogP contribution in [0.5, 0.6) is 0 Å². The number of nitrogens with zero attached hydrogens (tertiary/aromatic N) is 2. The number of piperidine rings is 1. The Hall–Kier alpha value is -1.02. The van der Waals surface area contributed by atoms with E-state index < -0.39 is 0 Å². The third kappa shape index (κ3) is 3.47. The number of isothiocyanates is 1. The number of rotatable bonds is 3. The SMILES string of the molecule is CC1CC(N=C=S)CCN1Cc1ccccc1. The van der Waals surface area contributed by atoms with E-state index in [0.717, 1.165) is 25.9 Å². The molecule has 2 rings (SSSR count). The number of hydrogen-bond acceptors (Lipinski definition) is 3. The first-order valence-corrected chi connectivity index (χ1v) is 6.55. The predicted octanol–water partition coefficient (Wildman–Crippen LogP) is 3.14. The van der Waals surface area contributed by atoms with E-state index in [1.165, 1.54) is 5.56 Å². The lowest BCUT2D eigenvalue weighted by atomic mass is 9.98. The molecular weight excluding hydrogens is 228 g/mol. The Bertz CT molecular complexity index is 398. The second-order valence-electron chi connectivity index (χ2n) is 4.70. The fourth-order valence-corrected chi connectivity index (χ4v) is 2.59. The summed E-state index contributed by atoms with van der Waals surface area (Å²) in [5.74, 6) is 0. The summed E-state index contributed by atoms with van der Waals surface area (Å²) in [5.41, 5.74) is 1.39. The van der Waals surface area contributed by atoms with E-state index >= 15 is 0 Å². The van der Waals surface area contributed by atoms with Crippen molar-refractivity contribution in [1.29, 1.82) is 0 Å². The lowest BCUT2D eigenvalue weighted by molar-refractivity contribution is 0.141. The summed E-state index contributed by atoms with van der Waals surface area (Å²) in [6.45, 7) is 4.41. The molecule has 0 saturated carbocycles. The Morgan fingerprint density at radius 1 is 1.41 bits per heavy atom. The van der Waals surface area contributed by atoms with Crippen LogP contribution in [0, 0.1) is 0 Å². The maximum Gasteiger partial charge on any atom is 0.0629 e. The van der Waals surface area contributed by atoms with Gasteiger partial charge in [0.25, 0.3) is 0 Å². The van der Waals surface area contributed by atoms with Crippen LogP contribution in [-0.2, 0) is 6.54 Å². The minimum atomic E-state index is 0.384. The topological polar surface area (TPSA) is 15.6 Å². The fourth-order valence-electron chi connectivity index (χ4n) is 2.44. The van der Waals surface area contributed by atoms with Crippen molar-refractivity contribution in [3.05, 3.63) is 35.9 Å². The van der Waals surface area contributed by atoms with Gasteiger partial charge in [0.15, 0.2) is 0 Å². The molecule has 17 heavy (non-hydrogen) atoms. The molecule has 1 aliphatic rings. The minimum Gasteiger partial charge on any atom is -0.296 e. The van der Waals surface area contributed by atoms with Gasteiger partial charge in [0.05, 0.1) is 11.2 Å². The van der Waals surface area contributed by atoms with Gasteiger partial charge in [-0.15, -0.1) is 0 Å². The van der Waals surface area contributed by atoms with Crippen molar-refractivity contribution in [2.24, 2.45) is 4.99 Å². The molecule has 90 valence electrons. The van der Waals surface area contributed by atoms with Crippen LogP contribution < -0.4 is 0 Å². The molecule has 0 spiro atoms. The van der Waals surface area contributed by atoms with Crippen molar-refractivity contribution in [3.63, 3.8) is 0 Å². The molecule has 0 radical (unpaired) electrons. The van der Waals surface area contributed by atoms with Crippen molar-refractivity contribution < 1.29 is 0 Å². The van der Waals surface area contributed by atoms with E-state index in [-0.39, 0.29) is 0 Å². The second kappa shape index (κ2) is 6.06. The van der Waals surface area contributed by atoms with Gasteiger partial charge in [-0.3, -0.25) is 4.90 Å². The number of benzene rings is 1. The quantitative estimate of drug-likeness (QED) is 0.601. The number of aliphatic imine (C=N–C) groups is 1. The lowest BCUT2D eigenvalue weighted by Gasteiger charge is -2.35. The van der Waals surface area contributed by atoms with Crippen LogP contribution in [0.2, 0.25) is 0 Å². The average Bonchev–Trinajstić information content (AvgIpc) is 2.34. The van der Waals surface area contributed by atoms with Crippen molar-refractivity contribution in [2.75, 3.05) is 6.54 Å². The highest BCUT2D eigenvalue weighted by molar-refractivity contribution is 7.78. The van der Waals surface area contributed by atoms with Crippen molar-refractivity contribution in [1.82, 2.24) is 4.90 Å². The summed E-state index contributed by atoms with van der Waals surface area (Å²) >= 11 is 4.68. The monoisotopic (exact) mass is 246 g/mol. The highest BCUT2D eigenvalue weighted by Gasteiger charge is 2.24. The van der Waals surface area contributed by atoms with Crippen LogP contribution in [0.4, 0.5) is 0 Å². The van der Waals surface area contributed by atoms with E-state index in [1.54, 1.807) is 0 Å². The average molecular weight is 246 g/mol. The molecule has 1 aromatic carbocycles. The molecule has 0 aromatic heterocycles. The molecule has 1 aliphatic heterocycles. The van der Waals surface area contributed by atoms with Gasteiger partial charge in [0.1, 0.15) is 0 Å². The summed E-state index contributed by atoms with van der Waals surface area (Å²) in [6, 6.07) is 11.6. The molecule has 2 unspecified atom stereocenters. The van der Waals surface area contributed by atoms with Gasteiger partial charge in [-0.2, -0.15) is 0 Å². The molecule has 3 heteroatoms.